The Labute approximate surface area is 205 Å². The molecule has 0 spiro atoms. The van der Waals surface area contributed by atoms with Crippen LogP contribution >= 0.6 is 0 Å². The lowest BCUT2D eigenvalue weighted by Crippen LogP contribution is -2.37. The Balaban J connectivity index is 3.45. The van der Waals surface area contributed by atoms with Gasteiger partial charge in [0, 0.05) is 25.7 Å². The molecule has 7 heteroatoms. The standard InChI is InChI=1S/C27H43NO6/c29-25(30)20-18-16-14-12-10-8-6-4-2-1-3-5-7-9-11-13-15-17-19-23-28-24(27(33)34)21-22-26(31)32/h24,28H,5-23H2,(H,29,30)(H,31,32)(H,33,34)/t24-/m0/s1. The highest BCUT2D eigenvalue weighted by molar-refractivity contribution is 5.75. The van der Waals surface area contributed by atoms with Crippen molar-refractivity contribution in [3.8, 4) is 23.7 Å². The molecule has 0 aromatic carbocycles. The molecule has 0 unspecified atom stereocenters. The molecule has 0 aliphatic carbocycles. The normalized spacial score (nSPS) is 11.1. The monoisotopic (exact) mass is 477 g/mol. The topological polar surface area (TPSA) is 124 Å². The second-order valence-corrected chi connectivity index (χ2v) is 8.62. The molecule has 0 aliphatic heterocycles. The first-order valence-corrected chi connectivity index (χ1v) is 12.8. The molecule has 0 rings (SSSR count). The summed E-state index contributed by atoms with van der Waals surface area (Å²) >= 11 is 0. The van der Waals surface area contributed by atoms with E-state index in [1.807, 2.05) is 0 Å². The summed E-state index contributed by atoms with van der Waals surface area (Å²) in [6, 6.07) is -0.782. The van der Waals surface area contributed by atoms with Crippen LogP contribution in [0.1, 0.15) is 116 Å². The fourth-order valence-electron chi connectivity index (χ4n) is 3.49. The van der Waals surface area contributed by atoms with Gasteiger partial charge in [-0.25, -0.2) is 0 Å². The second kappa shape index (κ2) is 23.6. The average molecular weight is 478 g/mol. The predicted molar refractivity (Wildman–Crippen MR) is 133 cm³/mol. The molecule has 0 aromatic heterocycles. The average Bonchev–Trinajstić information content (AvgIpc) is 2.78. The molecule has 0 amide bonds. The van der Waals surface area contributed by atoms with Gasteiger partial charge in [0.2, 0.25) is 0 Å². The van der Waals surface area contributed by atoms with Crippen LogP contribution in [-0.2, 0) is 14.4 Å². The Kier molecular flexibility index (Phi) is 21.9. The minimum Gasteiger partial charge on any atom is -0.481 e. The fraction of sp³-hybridized carbons (Fsp3) is 0.741. The quantitative estimate of drug-likeness (QED) is 0.124. The van der Waals surface area contributed by atoms with Gasteiger partial charge in [-0.3, -0.25) is 14.4 Å². The summed E-state index contributed by atoms with van der Waals surface area (Å²) in [5.41, 5.74) is 0. The van der Waals surface area contributed by atoms with Gasteiger partial charge >= 0.3 is 17.9 Å². The number of unbranched alkanes of at least 4 members (excludes halogenated alkanes) is 13. The number of nitrogens with one attached hydrogen (secondary N) is 1. The number of carboxylic acids is 3. The van der Waals surface area contributed by atoms with Crippen LogP contribution in [0.5, 0.6) is 0 Å². The maximum absolute atomic E-state index is 11.1. The van der Waals surface area contributed by atoms with E-state index in [0.29, 0.717) is 6.54 Å². The molecular weight excluding hydrogens is 434 g/mol. The molecule has 0 bridgehead atoms. The minimum absolute atomic E-state index is 0.109. The van der Waals surface area contributed by atoms with Crippen molar-refractivity contribution in [2.24, 2.45) is 0 Å². The minimum atomic E-state index is -0.992. The van der Waals surface area contributed by atoms with Gasteiger partial charge in [0.1, 0.15) is 6.04 Å². The van der Waals surface area contributed by atoms with Crippen LogP contribution in [0.3, 0.4) is 0 Å². The lowest BCUT2D eigenvalue weighted by Gasteiger charge is -2.13. The van der Waals surface area contributed by atoms with Crippen molar-refractivity contribution in [3.05, 3.63) is 0 Å². The van der Waals surface area contributed by atoms with E-state index in [9.17, 15) is 14.4 Å². The third-order valence-corrected chi connectivity index (χ3v) is 5.50. The number of hydrogen-bond donors (Lipinski definition) is 4. The van der Waals surface area contributed by atoms with E-state index in [1.54, 1.807) is 0 Å². The smallest absolute Gasteiger partial charge is 0.320 e. The Bertz CT molecular complexity index is 683. The van der Waals surface area contributed by atoms with Gasteiger partial charge in [0.05, 0.1) is 0 Å². The van der Waals surface area contributed by atoms with Crippen molar-refractivity contribution in [2.45, 2.75) is 122 Å². The largest absolute Gasteiger partial charge is 0.481 e. The van der Waals surface area contributed by atoms with Crippen LogP contribution in [0.2, 0.25) is 0 Å². The van der Waals surface area contributed by atoms with E-state index in [-0.39, 0.29) is 19.3 Å². The van der Waals surface area contributed by atoms with E-state index >= 15 is 0 Å². The van der Waals surface area contributed by atoms with E-state index in [4.69, 9.17) is 15.3 Å². The lowest BCUT2D eigenvalue weighted by atomic mass is 10.1. The fourth-order valence-corrected chi connectivity index (χ4v) is 3.49. The molecular formula is C27H43NO6. The van der Waals surface area contributed by atoms with E-state index in [1.165, 1.54) is 6.42 Å². The number of hydrogen-bond acceptors (Lipinski definition) is 4. The molecule has 0 fully saturated rings. The Hall–Kier alpha value is -2.51. The van der Waals surface area contributed by atoms with Gasteiger partial charge in [0.25, 0.3) is 0 Å². The number of rotatable bonds is 22. The predicted octanol–water partition coefficient (Wildman–Crippen LogP) is 5.23. The van der Waals surface area contributed by atoms with Crippen LogP contribution < -0.4 is 5.32 Å². The Morgan fingerprint density at radius 2 is 1.03 bits per heavy atom. The summed E-state index contributed by atoms with van der Waals surface area (Å²) in [6.45, 7) is 0.599. The number of aliphatic carboxylic acids is 3. The molecule has 192 valence electrons. The molecule has 0 aromatic rings. The molecule has 34 heavy (non-hydrogen) atoms. The number of carbonyl (C=O) groups is 3. The molecule has 0 aliphatic rings. The van der Waals surface area contributed by atoms with Crippen LogP contribution in [0, 0.1) is 23.7 Å². The van der Waals surface area contributed by atoms with Crippen LogP contribution in [0.25, 0.3) is 0 Å². The summed E-state index contributed by atoms with van der Waals surface area (Å²) in [6.07, 6.45) is 15.9. The third-order valence-electron chi connectivity index (χ3n) is 5.50. The summed E-state index contributed by atoms with van der Waals surface area (Å²) in [5, 5.41) is 29.2. The van der Waals surface area contributed by atoms with Gasteiger partial charge in [-0.1, -0.05) is 69.6 Å². The summed E-state index contributed by atoms with van der Waals surface area (Å²) < 4.78 is 0. The van der Waals surface area contributed by atoms with Crippen molar-refractivity contribution in [2.75, 3.05) is 6.54 Å². The van der Waals surface area contributed by atoms with E-state index in [2.05, 4.69) is 29.0 Å². The van der Waals surface area contributed by atoms with Crippen LogP contribution in [-0.4, -0.2) is 45.8 Å². The lowest BCUT2D eigenvalue weighted by molar-refractivity contribution is -0.141. The molecule has 0 radical (unpaired) electrons. The first-order chi connectivity index (χ1) is 16.4. The molecule has 4 N–H and O–H groups in total. The number of carboxylic acid groups (broad SMARTS) is 3. The molecule has 0 saturated heterocycles. The molecule has 0 heterocycles. The van der Waals surface area contributed by atoms with Crippen molar-refractivity contribution >= 4 is 17.9 Å². The third kappa shape index (κ3) is 24.1. The molecule has 1 atom stereocenters. The van der Waals surface area contributed by atoms with Gasteiger partial charge < -0.3 is 20.6 Å². The first kappa shape index (κ1) is 31.5. The zero-order valence-corrected chi connectivity index (χ0v) is 20.6. The van der Waals surface area contributed by atoms with Gasteiger partial charge in [-0.05, 0) is 50.5 Å². The van der Waals surface area contributed by atoms with Crippen molar-refractivity contribution in [1.29, 1.82) is 0 Å². The Morgan fingerprint density at radius 1 is 0.588 bits per heavy atom. The van der Waals surface area contributed by atoms with Gasteiger partial charge in [-0.2, -0.15) is 0 Å². The van der Waals surface area contributed by atoms with Crippen molar-refractivity contribution in [1.82, 2.24) is 5.32 Å². The zero-order chi connectivity index (χ0) is 25.3. The van der Waals surface area contributed by atoms with Gasteiger partial charge in [-0.15, -0.1) is 0 Å². The maximum Gasteiger partial charge on any atom is 0.320 e. The SMILES string of the molecule is O=C(O)CCCCCCCCC#CC#CCCCCCCCCCN[C@@H](CCC(=O)O)C(=O)O. The zero-order valence-electron chi connectivity index (χ0n) is 20.6. The second-order valence-electron chi connectivity index (χ2n) is 8.62. The summed E-state index contributed by atoms with van der Waals surface area (Å²) in [7, 11) is 0. The Morgan fingerprint density at radius 3 is 1.50 bits per heavy atom. The molecule has 7 nitrogen and oxygen atoms in total. The van der Waals surface area contributed by atoms with E-state index < -0.39 is 23.9 Å². The highest BCUT2D eigenvalue weighted by atomic mass is 16.4. The van der Waals surface area contributed by atoms with Gasteiger partial charge in [0.15, 0.2) is 0 Å². The maximum atomic E-state index is 11.1. The van der Waals surface area contributed by atoms with E-state index in [0.717, 1.165) is 89.9 Å². The summed E-state index contributed by atoms with van der Waals surface area (Å²) in [5.74, 6) is 9.38. The first-order valence-electron chi connectivity index (χ1n) is 12.8. The highest BCUT2D eigenvalue weighted by Gasteiger charge is 2.17. The summed E-state index contributed by atoms with van der Waals surface area (Å²) in [4.78, 5) is 32.0. The van der Waals surface area contributed by atoms with Crippen LogP contribution in [0.4, 0.5) is 0 Å². The van der Waals surface area contributed by atoms with Crippen molar-refractivity contribution < 1.29 is 29.7 Å². The highest BCUT2D eigenvalue weighted by Crippen LogP contribution is 2.09. The van der Waals surface area contributed by atoms with Crippen molar-refractivity contribution in [3.63, 3.8) is 0 Å². The molecule has 0 saturated carbocycles. The van der Waals surface area contributed by atoms with Crippen LogP contribution in [0.15, 0.2) is 0 Å².